The number of hydrogen-bond donors (Lipinski definition) is 1. The maximum Gasteiger partial charge on any atom is 0.254 e. The van der Waals surface area contributed by atoms with Crippen LogP contribution in [0.25, 0.3) is 0 Å². The van der Waals surface area contributed by atoms with Gasteiger partial charge in [0.15, 0.2) is 0 Å². The Morgan fingerprint density at radius 1 is 1.30 bits per heavy atom. The number of nitrogens with one attached hydrogen (secondary N) is 1. The molecule has 1 aromatic rings. The third-order valence-corrected chi connectivity index (χ3v) is 4.68. The van der Waals surface area contributed by atoms with Gasteiger partial charge in [-0.25, -0.2) is 17.1 Å². The highest BCUT2D eigenvalue weighted by Gasteiger charge is 2.26. The molecule has 1 aliphatic rings. The Labute approximate surface area is 117 Å². The van der Waals surface area contributed by atoms with Crippen LogP contribution in [0.4, 0.5) is 4.39 Å². The minimum atomic E-state index is -3.18. The first kappa shape index (κ1) is 14.9. The highest BCUT2D eigenvalue weighted by molar-refractivity contribution is 7.88. The molecule has 0 radical (unpaired) electrons. The molecular weight excluding hydrogens is 283 g/mol. The monoisotopic (exact) mass is 300 g/mol. The van der Waals surface area contributed by atoms with Crippen molar-refractivity contribution in [2.75, 3.05) is 19.3 Å². The van der Waals surface area contributed by atoms with Gasteiger partial charge in [-0.1, -0.05) is 12.1 Å². The lowest BCUT2D eigenvalue weighted by Crippen LogP contribution is -2.46. The molecule has 0 saturated carbocycles. The van der Waals surface area contributed by atoms with E-state index in [9.17, 15) is 17.6 Å². The maximum atomic E-state index is 13.5. The van der Waals surface area contributed by atoms with Gasteiger partial charge in [0.05, 0.1) is 11.8 Å². The highest BCUT2D eigenvalue weighted by atomic mass is 32.2. The zero-order valence-corrected chi connectivity index (χ0v) is 12.0. The second-order valence-electron chi connectivity index (χ2n) is 4.89. The summed E-state index contributed by atoms with van der Waals surface area (Å²) >= 11 is 0. The van der Waals surface area contributed by atoms with Crippen LogP contribution < -0.4 is 5.32 Å². The molecular formula is C13H17FN2O3S. The quantitative estimate of drug-likeness (QED) is 0.905. The molecule has 5 nitrogen and oxygen atoms in total. The average molecular weight is 300 g/mol. The minimum absolute atomic E-state index is 0.0121. The molecule has 7 heteroatoms. The molecule has 1 aliphatic heterocycles. The van der Waals surface area contributed by atoms with Crippen LogP contribution in [0.2, 0.25) is 0 Å². The number of amides is 1. The first-order chi connectivity index (χ1) is 9.38. The molecule has 0 aliphatic carbocycles. The summed E-state index contributed by atoms with van der Waals surface area (Å²) in [5, 5.41) is 2.75. The third-order valence-electron chi connectivity index (χ3n) is 3.38. The summed E-state index contributed by atoms with van der Waals surface area (Å²) in [5.41, 5.74) is 0.0121. The molecule has 1 N–H and O–H groups in total. The summed E-state index contributed by atoms with van der Waals surface area (Å²) in [7, 11) is -3.18. The molecule has 1 amide bonds. The van der Waals surface area contributed by atoms with Gasteiger partial charge in [0.2, 0.25) is 10.0 Å². The summed E-state index contributed by atoms with van der Waals surface area (Å²) in [6.45, 7) is 0.752. The van der Waals surface area contributed by atoms with Gasteiger partial charge in [0.25, 0.3) is 5.91 Å². The lowest BCUT2D eigenvalue weighted by molar-refractivity contribution is 0.0920. The van der Waals surface area contributed by atoms with Gasteiger partial charge < -0.3 is 5.32 Å². The van der Waals surface area contributed by atoms with Gasteiger partial charge in [-0.2, -0.15) is 0 Å². The Balaban J connectivity index is 1.93. The second-order valence-corrected chi connectivity index (χ2v) is 6.87. The molecule has 0 aromatic heterocycles. The van der Waals surface area contributed by atoms with E-state index >= 15 is 0 Å². The average Bonchev–Trinajstić information content (AvgIpc) is 2.38. The van der Waals surface area contributed by atoms with E-state index in [4.69, 9.17) is 0 Å². The van der Waals surface area contributed by atoms with Crippen molar-refractivity contribution in [3.63, 3.8) is 0 Å². The van der Waals surface area contributed by atoms with Crippen molar-refractivity contribution in [2.45, 2.75) is 18.9 Å². The van der Waals surface area contributed by atoms with Gasteiger partial charge in [-0.05, 0) is 25.0 Å². The Bertz CT molecular complexity index is 595. The second kappa shape index (κ2) is 5.88. The van der Waals surface area contributed by atoms with E-state index in [-0.39, 0.29) is 11.6 Å². The van der Waals surface area contributed by atoms with Crippen molar-refractivity contribution in [3.8, 4) is 0 Å². The maximum absolute atomic E-state index is 13.5. The van der Waals surface area contributed by atoms with Crippen molar-refractivity contribution in [1.82, 2.24) is 9.62 Å². The topological polar surface area (TPSA) is 66.5 Å². The van der Waals surface area contributed by atoms with Gasteiger partial charge in [0, 0.05) is 19.1 Å². The summed E-state index contributed by atoms with van der Waals surface area (Å²) < 4.78 is 37.6. The molecule has 110 valence electrons. The molecule has 2 rings (SSSR count). The van der Waals surface area contributed by atoms with E-state index in [2.05, 4.69) is 5.32 Å². The van der Waals surface area contributed by atoms with Crippen LogP contribution in [0.15, 0.2) is 24.3 Å². The summed E-state index contributed by atoms with van der Waals surface area (Å²) in [6.07, 6.45) is 2.24. The van der Waals surface area contributed by atoms with Crippen LogP contribution in [-0.2, 0) is 10.0 Å². The summed E-state index contributed by atoms with van der Waals surface area (Å²) in [6, 6.07) is 5.67. The number of carbonyl (C=O) groups excluding carboxylic acids is 1. The molecule has 1 heterocycles. The Morgan fingerprint density at radius 2 is 1.90 bits per heavy atom. The number of benzene rings is 1. The first-order valence-electron chi connectivity index (χ1n) is 6.38. The minimum Gasteiger partial charge on any atom is -0.349 e. The molecule has 0 bridgehead atoms. The van der Waals surface area contributed by atoms with E-state index < -0.39 is 21.7 Å². The zero-order chi connectivity index (χ0) is 14.8. The molecule has 0 spiro atoms. The SMILES string of the molecule is CS(=O)(=O)N1CCC(NC(=O)c2ccccc2F)CC1. The fraction of sp³-hybridized carbons (Fsp3) is 0.462. The summed E-state index contributed by atoms with van der Waals surface area (Å²) in [5.74, 6) is -1.01. The van der Waals surface area contributed by atoms with Crippen molar-refractivity contribution in [1.29, 1.82) is 0 Å². The van der Waals surface area contributed by atoms with Gasteiger partial charge in [-0.15, -0.1) is 0 Å². The fourth-order valence-corrected chi connectivity index (χ4v) is 3.11. The van der Waals surface area contributed by atoms with Crippen molar-refractivity contribution >= 4 is 15.9 Å². The lowest BCUT2D eigenvalue weighted by atomic mass is 10.1. The van der Waals surface area contributed by atoms with E-state index in [1.165, 1.54) is 28.8 Å². The van der Waals surface area contributed by atoms with Gasteiger partial charge >= 0.3 is 0 Å². The number of rotatable bonds is 3. The van der Waals surface area contributed by atoms with E-state index in [1.54, 1.807) is 6.07 Å². The lowest BCUT2D eigenvalue weighted by Gasteiger charge is -2.30. The fourth-order valence-electron chi connectivity index (χ4n) is 2.24. The molecule has 0 unspecified atom stereocenters. The molecule has 1 fully saturated rings. The van der Waals surface area contributed by atoms with Crippen molar-refractivity contribution < 1.29 is 17.6 Å². The Kier molecular flexibility index (Phi) is 4.39. The number of piperidine rings is 1. The van der Waals surface area contributed by atoms with Crippen LogP contribution in [-0.4, -0.2) is 44.0 Å². The van der Waals surface area contributed by atoms with Gasteiger partial charge in [-0.3, -0.25) is 4.79 Å². The van der Waals surface area contributed by atoms with Crippen LogP contribution in [0.1, 0.15) is 23.2 Å². The number of carbonyl (C=O) groups is 1. The molecule has 0 atom stereocenters. The first-order valence-corrected chi connectivity index (χ1v) is 8.23. The van der Waals surface area contributed by atoms with E-state index in [0.29, 0.717) is 25.9 Å². The van der Waals surface area contributed by atoms with Crippen molar-refractivity contribution in [2.24, 2.45) is 0 Å². The third kappa shape index (κ3) is 3.55. The van der Waals surface area contributed by atoms with E-state index in [0.717, 1.165) is 0 Å². The standard InChI is InChI=1S/C13H17FN2O3S/c1-20(18,19)16-8-6-10(7-9-16)15-13(17)11-4-2-3-5-12(11)14/h2-5,10H,6-9H2,1H3,(H,15,17). The predicted molar refractivity (Wildman–Crippen MR) is 73.3 cm³/mol. The Hall–Kier alpha value is -1.47. The number of nitrogens with zero attached hydrogens (tertiary/aromatic N) is 1. The zero-order valence-electron chi connectivity index (χ0n) is 11.2. The van der Waals surface area contributed by atoms with Crippen LogP contribution in [0.3, 0.4) is 0 Å². The summed E-state index contributed by atoms with van der Waals surface area (Å²) in [4.78, 5) is 11.9. The highest BCUT2D eigenvalue weighted by Crippen LogP contribution is 2.14. The Morgan fingerprint density at radius 3 is 2.45 bits per heavy atom. The van der Waals surface area contributed by atoms with Crippen LogP contribution >= 0.6 is 0 Å². The number of hydrogen-bond acceptors (Lipinski definition) is 3. The molecule has 1 saturated heterocycles. The normalized spacial score (nSPS) is 17.9. The number of sulfonamides is 1. The smallest absolute Gasteiger partial charge is 0.254 e. The molecule has 20 heavy (non-hydrogen) atoms. The van der Waals surface area contributed by atoms with E-state index in [1.807, 2.05) is 0 Å². The number of halogens is 1. The van der Waals surface area contributed by atoms with Gasteiger partial charge in [0.1, 0.15) is 5.82 Å². The van der Waals surface area contributed by atoms with Crippen LogP contribution in [0, 0.1) is 5.82 Å². The van der Waals surface area contributed by atoms with Crippen LogP contribution in [0.5, 0.6) is 0 Å². The predicted octanol–water partition coefficient (Wildman–Crippen LogP) is 0.980. The largest absolute Gasteiger partial charge is 0.349 e. The van der Waals surface area contributed by atoms with Crippen molar-refractivity contribution in [3.05, 3.63) is 35.6 Å². The molecule has 1 aromatic carbocycles.